The number of amides is 1. The molecule has 0 radical (unpaired) electrons. The third-order valence-corrected chi connectivity index (χ3v) is 6.18. The smallest absolute Gasteiger partial charge is 0.220 e. The molecule has 0 bridgehead atoms. The number of carbonyl (C=O) groups excluding carboxylic acids is 1. The summed E-state index contributed by atoms with van der Waals surface area (Å²) in [6.45, 7) is 0.520. The maximum atomic E-state index is 12.1. The van der Waals surface area contributed by atoms with Gasteiger partial charge in [0, 0.05) is 43.2 Å². The Kier molecular flexibility index (Phi) is 8.25. The van der Waals surface area contributed by atoms with Gasteiger partial charge < -0.3 is 5.32 Å². The van der Waals surface area contributed by atoms with Gasteiger partial charge in [-0.2, -0.15) is 0 Å². The number of carbonyl (C=O) groups is 1. The minimum Gasteiger partial charge on any atom is -0.352 e. The number of nitrogens with one attached hydrogen (secondary N) is 1. The van der Waals surface area contributed by atoms with Crippen LogP contribution in [0.25, 0.3) is 5.69 Å². The number of benzene rings is 2. The maximum Gasteiger partial charge on any atom is 0.220 e. The Hall–Kier alpha value is -3.45. The number of para-hydroxylation sites is 1. The van der Waals surface area contributed by atoms with Gasteiger partial charge in [-0.15, -0.1) is 10.2 Å². The fraction of sp³-hybridized carbons (Fsp3) is 0.231. The van der Waals surface area contributed by atoms with Crippen LogP contribution in [0.1, 0.15) is 36.2 Å². The summed E-state index contributed by atoms with van der Waals surface area (Å²) in [5.41, 5.74) is 3.27. The number of hydrogen-bond acceptors (Lipinski definition) is 5. The molecule has 33 heavy (non-hydrogen) atoms. The summed E-state index contributed by atoms with van der Waals surface area (Å²) in [6, 6.07) is 24.4. The first kappa shape index (κ1) is 22.7. The second-order valence-corrected chi connectivity index (χ2v) is 8.74. The molecule has 0 aliphatic carbocycles. The normalized spacial score (nSPS) is 10.8. The third-order valence-electron chi connectivity index (χ3n) is 5.16. The lowest BCUT2D eigenvalue weighted by atomic mass is 10.1. The van der Waals surface area contributed by atoms with Crippen molar-refractivity contribution >= 4 is 17.7 Å². The fourth-order valence-electron chi connectivity index (χ4n) is 3.47. The molecule has 0 saturated heterocycles. The van der Waals surface area contributed by atoms with E-state index >= 15 is 0 Å². The van der Waals surface area contributed by atoms with Crippen molar-refractivity contribution in [3.63, 3.8) is 0 Å². The van der Waals surface area contributed by atoms with Crippen molar-refractivity contribution in [1.29, 1.82) is 0 Å². The van der Waals surface area contributed by atoms with Crippen molar-refractivity contribution in [3.05, 3.63) is 102 Å². The van der Waals surface area contributed by atoms with E-state index in [-0.39, 0.29) is 5.91 Å². The lowest BCUT2D eigenvalue weighted by Gasteiger charge is -2.10. The van der Waals surface area contributed by atoms with Crippen molar-refractivity contribution in [2.45, 2.75) is 37.4 Å². The van der Waals surface area contributed by atoms with Gasteiger partial charge in [-0.25, -0.2) is 0 Å². The van der Waals surface area contributed by atoms with E-state index in [2.05, 4.69) is 49.3 Å². The van der Waals surface area contributed by atoms with Crippen molar-refractivity contribution in [2.75, 3.05) is 5.75 Å². The molecule has 2 aromatic heterocycles. The average Bonchev–Trinajstić information content (AvgIpc) is 3.26. The summed E-state index contributed by atoms with van der Waals surface area (Å²) < 4.78 is 2.14. The molecule has 0 aliphatic heterocycles. The van der Waals surface area contributed by atoms with Crippen LogP contribution in [0.15, 0.2) is 90.3 Å². The molecular formula is C26H27N5OS. The van der Waals surface area contributed by atoms with E-state index in [1.165, 1.54) is 5.56 Å². The van der Waals surface area contributed by atoms with Crippen LogP contribution in [-0.4, -0.2) is 31.4 Å². The van der Waals surface area contributed by atoms with E-state index in [9.17, 15) is 4.79 Å². The van der Waals surface area contributed by atoms with Crippen molar-refractivity contribution < 1.29 is 4.79 Å². The van der Waals surface area contributed by atoms with Crippen LogP contribution < -0.4 is 5.32 Å². The summed E-state index contributed by atoms with van der Waals surface area (Å²) >= 11 is 1.68. The zero-order valence-corrected chi connectivity index (χ0v) is 19.2. The van der Waals surface area contributed by atoms with Crippen molar-refractivity contribution in [2.24, 2.45) is 0 Å². The van der Waals surface area contributed by atoms with Gasteiger partial charge in [0.1, 0.15) is 5.82 Å². The highest BCUT2D eigenvalue weighted by Gasteiger charge is 2.15. The molecule has 0 unspecified atom stereocenters. The van der Waals surface area contributed by atoms with Crippen LogP contribution in [0.2, 0.25) is 0 Å². The first-order valence-corrected chi connectivity index (χ1v) is 12.1. The molecular weight excluding hydrogens is 430 g/mol. The van der Waals surface area contributed by atoms with Gasteiger partial charge in [-0.3, -0.25) is 14.3 Å². The molecule has 4 aromatic rings. The number of aromatic nitrogens is 4. The molecule has 0 saturated carbocycles. The SMILES string of the molecule is O=C(CCCCSc1nnc(Cc2ccccc2)n1-c1ccccc1)NCc1cccnc1. The summed E-state index contributed by atoms with van der Waals surface area (Å²) in [7, 11) is 0. The minimum atomic E-state index is 0.0708. The first-order valence-electron chi connectivity index (χ1n) is 11.1. The van der Waals surface area contributed by atoms with E-state index in [4.69, 9.17) is 0 Å². The third kappa shape index (κ3) is 6.76. The van der Waals surface area contributed by atoms with Crippen LogP contribution in [-0.2, 0) is 17.8 Å². The number of unbranched alkanes of at least 4 members (excludes halogenated alkanes) is 1. The van der Waals surface area contributed by atoms with Crippen molar-refractivity contribution in [1.82, 2.24) is 25.1 Å². The summed E-state index contributed by atoms with van der Waals surface area (Å²) in [6.07, 6.45) is 6.51. The molecule has 7 heteroatoms. The van der Waals surface area contributed by atoms with Gasteiger partial charge >= 0.3 is 0 Å². The predicted molar refractivity (Wildman–Crippen MR) is 131 cm³/mol. The molecule has 0 fully saturated rings. The molecule has 0 aliphatic rings. The second kappa shape index (κ2) is 12.0. The van der Waals surface area contributed by atoms with Crippen molar-refractivity contribution in [3.8, 4) is 5.69 Å². The highest BCUT2D eigenvalue weighted by molar-refractivity contribution is 7.99. The number of rotatable bonds is 11. The number of pyridine rings is 1. The first-order chi connectivity index (χ1) is 16.3. The van der Waals surface area contributed by atoms with E-state index < -0.39 is 0 Å². The van der Waals surface area contributed by atoms with Gasteiger partial charge in [-0.1, -0.05) is 66.4 Å². The fourth-order valence-corrected chi connectivity index (χ4v) is 4.44. The van der Waals surface area contributed by atoms with Crippen LogP contribution in [0, 0.1) is 0 Å². The Balaban J connectivity index is 1.30. The maximum absolute atomic E-state index is 12.1. The molecule has 2 heterocycles. The molecule has 4 rings (SSSR count). The molecule has 1 N–H and O–H groups in total. The summed E-state index contributed by atoms with van der Waals surface area (Å²) in [4.78, 5) is 16.2. The Bertz CT molecular complexity index is 1130. The van der Waals surface area contributed by atoms with E-state index in [1.807, 2.05) is 48.5 Å². The lowest BCUT2D eigenvalue weighted by Crippen LogP contribution is -2.22. The van der Waals surface area contributed by atoms with Crippen LogP contribution in [0.4, 0.5) is 0 Å². The predicted octanol–water partition coefficient (Wildman–Crippen LogP) is 4.83. The monoisotopic (exact) mass is 457 g/mol. The zero-order valence-electron chi connectivity index (χ0n) is 18.4. The number of nitrogens with zero attached hydrogens (tertiary/aromatic N) is 4. The second-order valence-electron chi connectivity index (χ2n) is 7.68. The summed E-state index contributed by atoms with van der Waals surface area (Å²) in [5.74, 6) is 1.87. The zero-order chi connectivity index (χ0) is 22.7. The quantitative estimate of drug-likeness (QED) is 0.258. The van der Waals surface area contributed by atoms with E-state index in [1.54, 1.807) is 24.2 Å². The highest BCUT2D eigenvalue weighted by Crippen LogP contribution is 2.24. The Morgan fingerprint density at radius 2 is 1.64 bits per heavy atom. The van der Waals surface area contributed by atoms with Gasteiger partial charge in [0.25, 0.3) is 0 Å². The van der Waals surface area contributed by atoms with E-state index in [0.29, 0.717) is 13.0 Å². The van der Waals surface area contributed by atoms with E-state index in [0.717, 1.165) is 47.2 Å². The number of hydrogen-bond donors (Lipinski definition) is 1. The highest BCUT2D eigenvalue weighted by atomic mass is 32.2. The molecule has 1 amide bonds. The molecule has 6 nitrogen and oxygen atoms in total. The topological polar surface area (TPSA) is 72.7 Å². The Morgan fingerprint density at radius 1 is 0.879 bits per heavy atom. The molecule has 0 atom stereocenters. The molecule has 168 valence electrons. The average molecular weight is 458 g/mol. The Morgan fingerprint density at radius 3 is 2.39 bits per heavy atom. The van der Waals surface area contributed by atoms with Crippen LogP contribution in [0.3, 0.4) is 0 Å². The lowest BCUT2D eigenvalue weighted by molar-refractivity contribution is -0.121. The Labute approximate surface area is 198 Å². The minimum absolute atomic E-state index is 0.0708. The van der Waals surface area contributed by atoms with Gasteiger partial charge in [0.2, 0.25) is 5.91 Å². The molecule has 2 aromatic carbocycles. The molecule has 0 spiro atoms. The van der Waals surface area contributed by atoms with Gasteiger partial charge in [-0.05, 0) is 42.2 Å². The number of thioether (sulfide) groups is 1. The van der Waals surface area contributed by atoms with Crippen LogP contribution >= 0.6 is 11.8 Å². The van der Waals surface area contributed by atoms with Gasteiger partial charge in [0.15, 0.2) is 5.16 Å². The van der Waals surface area contributed by atoms with Gasteiger partial charge in [0.05, 0.1) is 0 Å². The largest absolute Gasteiger partial charge is 0.352 e. The van der Waals surface area contributed by atoms with Crippen LogP contribution in [0.5, 0.6) is 0 Å². The summed E-state index contributed by atoms with van der Waals surface area (Å²) in [5, 5.41) is 12.8. The standard InChI is InChI=1S/C26H27N5OS/c32-25(28-20-22-12-9-16-27-19-22)15-7-8-17-33-26-30-29-24(18-21-10-3-1-4-11-21)31(26)23-13-5-2-6-14-23/h1-6,9-14,16,19H,7-8,15,17-18,20H2,(H,28,32).